The van der Waals surface area contributed by atoms with Crippen LogP contribution < -0.4 is 9.47 Å². The van der Waals surface area contributed by atoms with Gasteiger partial charge in [0.05, 0.1) is 26.1 Å². The molecule has 0 radical (unpaired) electrons. The van der Waals surface area contributed by atoms with Crippen LogP contribution in [0.1, 0.15) is 48.2 Å². The van der Waals surface area contributed by atoms with E-state index in [0.29, 0.717) is 21.6 Å². The minimum Gasteiger partial charge on any atom is -0.493 e. The van der Waals surface area contributed by atoms with Crippen LogP contribution in [0.3, 0.4) is 0 Å². The average Bonchev–Trinajstić information content (AvgIpc) is 3.22. The van der Waals surface area contributed by atoms with E-state index in [1.807, 2.05) is 0 Å². The van der Waals surface area contributed by atoms with Crippen LogP contribution in [0.4, 0.5) is 13.2 Å². The summed E-state index contributed by atoms with van der Waals surface area (Å²) in [4.78, 5) is 17.1. The van der Waals surface area contributed by atoms with Crippen LogP contribution in [0.5, 0.6) is 11.5 Å². The second-order valence-electron chi connectivity index (χ2n) is 7.55. The van der Waals surface area contributed by atoms with E-state index in [9.17, 15) is 18.0 Å². The molecule has 0 bridgehead atoms. The van der Waals surface area contributed by atoms with Crippen molar-refractivity contribution in [2.24, 2.45) is 0 Å². The number of alkyl halides is 3. The molecule has 1 fully saturated rings. The SMILES string of the molecule is COc1ccc(-c2cc(C(F)(F)F)n3ncc(C(=O)OC4CCCCC4)c3n2)cc1OC. The largest absolute Gasteiger partial charge is 0.493 e. The zero-order valence-electron chi connectivity index (χ0n) is 17.6. The topological polar surface area (TPSA) is 75.0 Å². The van der Waals surface area contributed by atoms with Gasteiger partial charge in [-0.25, -0.2) is 14.3 Å². The molecule has 0 N–H and O–H groups in total. The number of ether oxygens (including phenoxy) is 3. The predicted octanol–water partition coefficient (Wildman–Crippen LogP) is 4.92. The molecule has 7 nitrogen and oxygen atoms in total. The lowest BCUT2D eigenvalue weighted by molar-refractivity contribution is -0.142. The summed E-state index contributed by atoms with van der Waals surface area (Å²) in [5, 5.41) is 3.78. The molecule has 2 aromatic heterocycles. The van der Waals surface area contributed by atoms with Gasteiger partial charge in [-0.05, 0) is 49.9 Å². The number of hydrogen-bond acceptors (Lipinski definition) is 6. The molecule has 10 heteroatoms. The minimum atomic E-state index is -4.72. The molecule has 3 aromatic rings. The lowest BCUT2D eigenvalue weighted by Crippen LogP contribution is -2.21. The quantitative estimate of drug-likeness (QED) is 0.515. The first-order chi connectivity index (χ1) is 15.3. The van der Waals surface area contributed by atoms with Gasteiger partial charge in [-0.3, -0.25) is 0 Å². The highest BCUT2D eigenvalue weighted by Gasteiger charge is 2.36. The fraction of sp³-hybridized carbons (Fsp3) is 0.409. The van der Waals surface area contributed by atoms with Crippen LogP contribution in [0.15, 0.2) is 30.5 Å². The van der Waals surface area contributed by atoms with Crippen molar-refractivity contribution in [3.05, 3.63) is 41.7 Å². The Balaban J connectivity index is 1.81. The zero-order valence-corrected chi connectivity index (χ0v) is 17.6. The minimum absolute atomic E-state index is 0.0120. The van der Waals surface area contributed by atoms with Crippen LogP contribution >= 0.6 is 0 Å². The van der Waals surface area contributed by atoms with Gasteiger partial charge in [-0.2, -0.15) is 18.3 Å². The molecule has 0 unspecified atom stereocenters. The van der Waals surface area contributed by atoms with E-state index in [0.717, 1.165) is 44.4 Å². The number of fused-ring (bicyclic) bond motifs is 1. The number of aromatic nitrogens is 3. The van der Waals surface area contributed by atoms with Crippen molar-refractivity contribution in [2.45, 2.75) is 44.4 Å². The molecule has 0 aliphatic heterocycles. The number of carbonyl (C=O) groups is 1. The monoisotopic (exact) mass is 449 g/mol. The summed E-state index contributed by atoms with van der Waals surface area (Å²) in [6, 6.07) is 5.55. The van der Waals surface area contributed by atoms with Crippen LogP contribution in [-0.2, 0) is 10.9 Å². The molecule has 0 atom stereocenters. The molecule has 1 aromatic carbocycles. The van der Waals surface area contributed by atoms with Gasteiger partial charge >= 0.3 is 12.1 Å². The number of rotatable bonds is 5. The van der Waals surface area contributed by atoms with Gasteiger partial charge in [0.15, 0.2) is 22.8 Å². The lowest BCUT2D eigenvalue weighted by atomic mass is 9.98. The second kappa shape index (κ2) is 8.68. The number of hydrogen-bond donors (Lipinski definition) is 0. The summed E-state index contributed by atoms with van der Waals surface area (Å²) in [7, 11) is 2.88. The molecule has 0 saturated heterocycles. The molecular weight excluding hydrogens is 427 g/mol. The highest BCUT2D eigenvalue weighted by Crippen LogP contribution is 2.36. The fourth-order valence-corrected chi connectivity index (χ4v) is 3.85. The average molecular weight is 449 g/mol. The lowest BCUT2D eigenvalue weighted by Gasteiger charge is -2.21. The summed E-state index contributed by atoms with van der Waals surface area (Å²) in [5.74, 6) is 0.0390. The zero-order chi connectivity index (χ0) is 22.9. The Bertz CT molecular complexity index is 1140. The maximum Gasteiger partial charge on any atom is 0.433 e. The first kappa shape index (κ1) is 21.9. The smallest absolute Gasteiger partial charge is 0.433 e. The first-order valence-corrected chi connectivity index (χ1v) is 10.2. The summed E-state index contributed by atoms with van der Waals surface area (Å²) in [6.45, 7) is 0. The van der Waals surface area contributed by atoms with Gasteiger partial charge in [0.2, 0.25) is 0 Å². The maximum absolute atomic E-state index is 13.8. The van der Waals surface area contributed by atoms with E-state index in [1.54, 1.807) is 12.1 Å². The fourth-order valence-electron chi connectivity index (χ4n) is 3.85. The molecule has 2 heterocycles. The van der Waals surface area contributed by atoms with Gasteiger partial charge in [0, 0.05) is 5.56 Å². The molecule has 170 valence electrons. The van der Waals surface area contributed by atoms with E-state index >= 15 is 0 Å². The third-order valence-electron chi connectivity index (χ3n) is 5.49. The van der Waals surface area contributed by atoms with Crippen molar-refractivity contribution in [3.63, 3.8) is 0 Å². The molecule has 1 saturated carbocycles. The molecule has 0 spiro atoms. The van der Waals surface area contributed by atoms with E-state index in [1.165, 1.54) is 20.3 Å². The molecule has 1 aliphatic rings. The Morgan fingerprint density at radius 3 is 2.44 bits per heavy atom. The summed E-state index contributed by atoms with van der Waals surface area (Å²) in [5.41, 5.74) is -1.00. The number of halogens is 3. The Labute approximate surface area is 182 Å². The second-order valence-corrected chi connectivity index (χ2v) is 7.55. The third-order valence-corrected chi connectivity index (χ3v) is 5.49. The van der Waals surface area contributed by atoms with Gasteiger partial charge < -0.3 is 14.2 Å². The molecule has 4 rings (SSSR count). The van der Waals surface area contributed by atoms with Crippen molar-refractivity contribution in [3.8, 4) is 22.8 Å². The molecule has 0 amide bonds. The van der Waals surface area contributed by atoms with Crippen LogP contribution in [0.2, 0.25) is 0 Å². The van der Waals surface area contributed by atoms with Crippen LogP contribution in [-0.4, -0.2) is 40.9 Å². The van der Waals surface area contributed by atoms with E-state index < -0.39 is 17.8 Å². The highest BCUT2D eigenvalue weighted by atomic mass is 19.4. The highest BCUT2D eigenvalue weighted by molar-refractivity contribution is 5.96. The van der Waals surface area contributed by atoms with Crippen molar-refractivity contribution in [1.29, 1.82) is 0 Å². The van der Waals surface area contributed by atoms with E-state index in [-0.39, 0.29) is 23.0 Å². The molecule has 1 aliphatic carbocycles. The first-order valence-electron chi connectivity index (χ1n) is 10.2. The number of methoxy groups -OCH3 is 2. The van der Waals surface area contributed by atoms with Gasteiger partial charge in [0.25, 0.3) is 0 Å². The van der Waals surface area contributed by atoms with Gasteiger partial charge in [0.1, 0.15) is 11.7 Å². The Hall–Kier alpha value is -3.30. The van der Waals surface area contributed by atoms with Gasteiger partial charge in [-0.15, -0.1) is 0 Å². The summed E-state index contributed by atoms with van der Waals surface area (Å²) >= 11 is 0. The summed E-state index contributed by atoms with van der Waals surface area (Å²) in [6.07, 6.45) is 0.563. The Kier molecular flexibility index (Phi) is 5.94. The third kappa shape index (κ3) is 4.21. The molecular formula is C22H22F3N3O4. The molecule has 32 heavy (non-hydrogen) atoms. The Morgan fingerprint density at radius 1 is 1.06 bits per heavy atom. The number of benzene rings is 1. The Morgan fingerprint density at radius 2 is 1.78 bits per heavy atom. The normalized spacial score (nSPS) is 15.0. The van der Waals surface area contributed by atoms with Crippen molar-refractivity contribution in [1.82, 2.24) is 14.6 Å². The van der Waals surface area contributed by atoms with Crippen molar-refractivity contribution in [2.75, 3.05) is 14.2 Å². The van der Waals surface area contributed by atoms with E-state index in [4.69, 9.17) is 14.2 Å². The standard InChI is InChI=1S/C22H22F3N3O4/c1-30-17-9-8-13(10-18(17)31-2)16-11-19(22(23,24)25)28-20(27-16)15(12-26-28)21(29)32-14-6-4-3-5-7-14/h8-12,14H,3-7H2,1-2H3. The number of carbonyl (C=O) groups excluding carboxylic acids is 1. The van der Waals surface area contributed by atoms with Crippen LogP contribution in [0, 0.1) is 0 Å². The number of esters is 1. The maximum atomic E-state index is 13.8. The van der Waals surface area contributed by atoms with Crippen molar-refractivity contribution < 1.29 is 32.2 Å². The van der Waals surface area contributed by atoms with Crippen molar-refractivity contribution >= 4 is 11.6 Å². The van der Waals surface area contributed by atoms with E-state index in [2.05, 4.69) is 10.1 Å². The van der Waals surface area contributed by atoms with Crippen LogP contribution in [0.25, 0.3) is 16.9 Å². The summed E-state index contributed by atoms with van der Waals surface area (Å²) < 4.78 is 58.0. The predicted molar refractivity (Wildman–Crippen MR) is 109 cm³/mol. The number of nitrogens with zero attached hydrogens (tertiary/aromatic N) is 3. The van der Waals surface area contributed by atoms with Gasteiger partial charge in [-0.1, -0.05) is 6.42 Å².